The first kappa shape index (κ1) is 27.9. The summed E-state index contributed by atoms with van der Waals surface area (Å²) >= 11 is 1.56. The van der Waals surface area contributed by atoms with Crippen LogP contribution in [0, 0.1) is 0 Å². The molecule has 1 aliphatic heterocycles. The molecule has 38 heavy (non-hydrogen) atoms. The highest BCUT2D eigenvalue weighted by molar-refractivity contribution is 8.00. The Labute approximate surface area is 229 Å². The van der Waals surface area contributed by atoms with Crippen LogP contribution in [0.25, 0.3) is 0 Å². The van der Waals surface area contributed by atoms with E-state index >= 15 is 0 Å². The van der Waals surface area contributed by atoms with E-state index in [1.54, 1.807) is 11.8 Å². The van der Waals surface area contributed by atoms with E-state index in [2.05, 4.69) is 41.7 Å². The van der Waals surface area contributed by atoms with Gasteiger partial charge in [-0.05, 0) is 44.5 Å². The predicted molar refractivity (Wildman–Crippen MR) is 152 cm³/mol. The lowest BCUT2D eigenvalue weighted by Crippen LogP contribution is -2.57. The van der Waals surface area contributed by atoms with Crippen LogP contribution < -0.4 is 5.32 Å². The van der Waals surface area contributed by atoms with Crippen molar-refractivity contribution in [3.05, 3.63) is 108 Å². The Hall–Kier alpha value is -3.13. The highest BCUT2D eigenvalue weighted by atomic mass is 32.2. The van der Waals surface area contributed by atoms with Crippen molar-refractivity contribution in [2.45, 2.75) is 55.8 Å². The molecule has 3 aromatic rings. The lowest BCUT2D eigenvalue weighted by molar-refractivity contribution is -0.155. The highest BCUT2D eigenvalue weighted by Gasteiger charge is 2.46. The second-order valence-electron chi connectivity index (χ2n) is 10.6. The number of nitrogens with zero attached hydrogens (tertiary/aromatic N) is 1. The van der Waals surface area contributed by atoms with Crippen molar-refractivity contribution in [2.24, 2.45) is 0 Å². The van der Waals surface area contributed by atoms with E-state index in [0.717, 1.165) is 16.7 Å². The molecule has 0 aromatic heterocycles. The molecule has 1 aliphatic rings. The first-order valence-electron chi connectivity index (χ1n) is 12.8. The van der Waals surface area contributed by atoms with Crippen molar-refractivity contribution in [1.29, 1.82) is 0 Å². The molecular weight excluding hydrogens is 496 g/mol. The van der Waals surface area contributed by atoms with Crippen LogP contribution in [0.5, 0.6) is 0 Å². The number of carboxylic acids is 1. The molecule has 7 heteroatoms. The van der Waals surface area contributed by atoms with Crippen LogP contribution in [-0.4, -0.2) is 57.8 Å². The van der Waals surface area contributed by atoms with Crippen LogP contribution in [0.2, 0.25) is 0 Å². The fraction of sp³-hybridized carbons (Fsp3) is 0.355. The molecule has 1 fully saturated rings. The zero-order valence-corrected chi connectivity index (χ0v) is 23.2. The molecule has 0 unspecified atom stereocenters. The Morgan fingerprint density at radius 3 is 1.74 bits per heavy atom. The van der Waals surface area contributed by atoms with E-state index in [0.29, 0.717) is 5.75 Å². The molecule has 0 aliphatic carbocycles. The summed E-state index contributed by atoms with van der Waals surface area (Å²) < 4.78 is 5.75. The van der Waals surface area contributed by atoms with Gasteiger partial charge in [0.2, 0.25) is 0 Å². The van der Waals surface area contributed by atoms with Crippen LogP contribution in [-0.2, 0) is 19.9 Å². The largest absolute Gasteiger partial charge is 0.480 e. The average molecular weight is 533 g/mol. The Morgan fingerprint density at radius 2 is 1.37 bits per heavy atom. The number of rotatable bonds is 9. The number of hydrogen-bond acceptors (Lipinski definition) is 6. The average Bonchev–Trinajstić information content (AvgIpc) is 3.28. The van der Waals surface area contributed by atoms with Crippen molar-refractivity contribution in [3.8, 4) is 0 Å². The number of nitrogens with one attached hydrogen (secondary N) is 1. The van der Waals surface area contributed by atoms with Gasteiger partial charge >= 0.3 is 11.9 Å². The smallest absolute Gasteiger partial charge is 0.321 e. The molecular formula is C31H36N2O4S. The van der Waals surface area contributed by atoms with Gasteiger partial charge in [0.1, 0.15) is 11.6 Å². The molecule has 6 nitrogen and oxygen atoms in total. The molecule has 4 rings (SSSR count). The van der Waals surface area contributed by atoms with Crippen molar-refractivity contribution >= 4 is 23.7 Å². The zero-order valence-electron chi connectivity index (χ0n) is 22.3. The number of ether oxygens (including phenoxy) is 1. The van der Waals surface area contributed by atoms with Crippen LogP contribution in [0.1, 0.15) is 43.9 Å². The number of likely N-dealkylation sites (N-methyl/N-ethyl adjacent to an activating group) is 1. The number of hydrogen-bond donors (Lipinski definition) is 2. The fourth-order valence-corrected chi connectivity index (χ4v) is 6.66. The van der Waals surface area contributed by atoms with Gasteiger partial charge in [-0.1, -0.05) is 91.0 Å². The Morgan fingerprint density at radius 1 is 0.921 bits per heavy atom. The second kappa shape index (κ2) is 11.7. The summed E-state index contributed by atoms with van der Waals surface area (Å²) in [5.74, 6) is -0.748. The van der Waals surface area contributed by atoms with Gasteiger partial charge in [-0.2, -0.15) is 0 Å². The third kappa shape index (κ3) is 6.12. The molecule has 3 aromatic carbocycles. The van der Waals surface area contributed by atoms with Gasteiger partial charge in [0.05, 0.1) is 17.3 Å². The minimum absolute atomic E-state index is 0.0832. The molecule has 0 bridgehead atoms. The first-order chi connectivity index (χ1) is 18.1. The zero-order chi connectivity index (χ0) is 27.3. The maximum atomic E-state index is 13.2. The van der Waals surface area contributed by atoms with Gasteiger partial charge in [0.25, 0.3) is 0 Å². The topological polar surface area (TPSA) is 78.9 Å². The Balaban J connectivity index is 1.87. The van der Waals surface area contributed by atoms with Crippen molar-refractivity contribution in [1.82, 2.24) is 10.2 Å². The van der Waals surface area contributed by atoms with Gasteiger partial charge in [-0.15, -0.1) is 11.8 Å². The van der Waals surface area contributed by atoms with Crippen molar-refractivity contribution < 1.29 is 19.4 Å². The lowest BCUT2D eigenvalue weighted by Gasteiger charge is -2.42. The van der Waals surface area contributed by atoms with Gasteiger partial charge in [-0.25, -0.2) is 0 Å². The number of carbonyl (C=O) groups excluding carboxylic acids is 1. The van der Waals surface area contributed by atoms with Gasteiger partial charge in [0.15, 0.2) is 0 Å². The lowest BCUT2D eigenvalue weighted by atomic mass is 9.76. The third-order valence-electron chi connectivity index (χ3n) is 6.78. The molecule has 1 saturated heterocycles. The minimum atomic E-state index is -0.862. The van der Waals surface area contributed by atoms with Gasteiger partial charge < -0.3 is 9.84 Å². The number of carboxylic acid groups (broad SMARTS) is 1. The first-order valence-corrected chi connectivity index (χ1v) is 13.9. The summed E-state index contributed by atoms with van der Waals surface area (Å²) in [6, 6.07) is 29.5. The summed E-state index contributed by atoms with van der Waals surface area (Å²) in [6.07, 6.45) is 0.0832. The van der Waals surface area contributed by atoms with Crippen molar-refractivity contribution in [3.63, 3.8) is 0 Å². The van der Waals surface area contributed by atoms with Crippen LogP contribution in [0.15, 0.2) is 91.0 Å². The quantitative estimate of drug-likeness (QED) is 0.292. The number of aliphatic carboxylic acids is 1. The summed E-state index contributed by atoms with van der Waals surface area (Å²) in [6.45, 7) is 5.56. The summed E-state index contributed by atoms with van der Waals surface area (Å²) in [7, 11) is 1.82. The maximum Gasteiger partial charge on any atom is 0.321 e. The van der Waals surface area contributed by atoms with Crippen molar-refractivity contribution in [2.75, 3.05) is 12.8 Å². The normalized spacial score (nSPS) is 19.2. The van der Waals surface area contributed by atoms with Crippen LogP contribution in [0.4, 0.5) is 0 Å². The van der Waals surface area contributed by atoms with Crippen LogP contribution >= 0.6 is 11.8 Å². The SMILES string of the molecule is CN1[C@@H]([C@H](CC(=O)OC(C)(C)C)NC(c2ccccc2)(c2ccccc2)c2ccccc2)SC[C@H]1C(=O)O. The Bertz CT molecular complexity index is 1120. The predicted octanol–water partition coefficient (Wildman–Crippen LogP) is 5.13. The number of carbonyl (C=O) groups is 2. The van der Waals surface area contributed by atoms with E-state index < -0.39 is 29.2 Å². The van der Waals surface area contributed by atoms with Crippen LogP contribution in [0.3, 0.4) is 0 Å². The monoisotopic (exact) mass is 532 g/mol. The molecule has 200 valence electrons. The van der Waals surface area contributed by atoms with E-state index in [4.69, 9.17) is 4.74 Å². The van der Waals surface area contributed by atoms with Gasteiger partial charge in [-0.3, -0.25) is 19.8 Å². The summed E-state index contributed by atoms with van der Waals surface area (Å²) in [5, 5.41) is 13.5. The maximum absolute atomic E-state index is 13.2. The summed E-state index contributed by atoms with van der Waals surface area (Å²) in [4.78, 5) is 27.1. The molecule has 0 amide bonds. The molecule has 0 spiro atoms. The molecule has 0 saturated carbocycles. The molecule has 1 heterocycles. The fourth-order valence-electron chi connectivity index (χ4n) is 5.13. The minimum Gasteiger partial charge on any atom is -0.480 e. The van der Waals surface area contributed by atoms with E-state index in [1.807, 2.05) is 87.3 Å². The third-order valence-corrected chi connectivity index (χ3v) is 8.29. The van der Waals surface area contributed by atoms with E-state index in [9.17, 15) is 14.7 Å². The number of esters is 1. The Kier molecular flexibility index (Phi) is 8.61. The second-order valence-corrected chi connectivity index (χ2v) is 11.8. The molecule has 3 atom stereocenters. The highest BCUT2D eigenvalue weighted by Crippen LogP contribution is 2.40. The standard InChI is InChI=1S/C31H36N2O4S/c1-30(2,3)37-27(34)20-25(28-33(4)26(21-38-28)29(35)36)32-31(22-14-8-5-9-15-22,23-16-10-6-11-17-23)24-18-12-7-13-19-24/h5-19,25-26,28,32H,20-21H2,1-4H3,(H,35,36)/t25-,26-,28+/m0/s1. The van der Waals surface area contributed by atoms with E-state index in [-0.39, 0.29) is 17.8 Å². The summed E-state index contributed by atoms with van der Waals surface area (Å²) in [5.41, 5.74) is 1.63. The number of benzene rings is 3. The van der Waals surface area contributed by atoms with E-state index in [1.165, 1.54) is 0 Å². The van der Waals surface area contributed by atoms with Gasteiger partial charge in [0, 0.05) is 11.8 Å². The molecule has 2 N–H and O–H groups in total. The molecule has 0 radical (unpaired) electrons. The number of thioether (sulfide) groups is 1.